The van der Waals surface area contributed by atoms with E-state index in [2.05, 4.69) is 32.3 Å². The van der Waals surface area contributed by atoms with E-state index in [4.69, 9.17) is 5.73 Å². The van der Waals surface area contributed by atoms with Gasteiger partial charge in [-0.2, -0.15) is 5.10 Å². The van der Waals surface area contributed by atoms with Crippen LogP contribution in [0.25, 0.3) is 22.1 Å². The van der Waals surface area contributed by atoms with E-state index in [0.717, 1.165) is 17.0 Å². The minimum atomic E-state index is -0.583. The molecule has 4 aromatic heterocycles. The van der Waals surface area contributed by atoms with E-state index in [-0.39, 0.29) is 16.9 Å². The Bertz CT molecular complexity index is 2130. The zero-order valence-electron chi connectivity index (χ0n) is 23.6. The summed E-state index contributed by atoms with van der Waals surface area (Å²) in [5.41, 5.74) is 10.7. The first-order valence-corrected chi connectivity index (χ1v) is 13.4. The Hall–Kier alpha value is -5.69. The maximum absolute atomic E-state index is 14.2. The average Bonchev–Trinajstić information content (AvgIpc) is 3.53. The molecule has 0 fully saturated rings. The lowest BCUT2D eigenvalue weighted by Gasteiger charge is -2.21. The van der Waals surface area contributed by atoms with Crippen molar-refractivity contribution in [1.29, 1.82) is 0 Å². The molecule has 6 aromatic rings. The lowest BCUT2D eigenvalue weighted by molar-refractivity contribution is 0.0941. The number of anilines is 1. The second-order valence-electron chi connectivity index (χ2n) is 10.2. The first kappa shape index (κ1) is 26.5. The molecule has 208 valence electrons. The van der Waals surface area contributed by atoms with Crippen LogP contribution in [0.4, 0.5) is 5.82 Å². The number of aryl methyl sites for hydroxylation is 3. The highest BCUT2D eigenvalue weighted by Gasteiger charge is 2.24. The quantitative estimate of drug-likeness (QED) is 0.318. The highest BCUT2D eigenvalue weighted by atomic mass is 16.2. The van der Waals surface area contributed by atoms with Crippen LogP contribution in [0.2, 0.25) is 0 Å². The van der Waals surface area contributed by atoms with Crippen molar-refractivity contribution in [2.24, 2.45) is 7.05 Å². The molecule has 0 aliphatic carbocycles. The molecule has 10 nitrogen and oxygen atoms in total. The number of amides is 1. The van der Waals surface area contributed by atoms with Gasteiger partial charge < -0.3 is 11.1 Å². The minimum absolute atomic E-state index is 0.0803. The number of nitrogens with one attached hydrogen (secondary N) is 1. The molecule has 0 aliphatic heterocycles. The van der Waals surface area contributed by atoms with Crippen LogP contribution in [0.3, 0.4) is 0 Å². The number of hydrogen-bond donors (Lipinski definition) is 2. The van der Waals surface area contributed by atoms with Gasteiger partial charge in [0.05, 0.1) is 23.2 Å². The fraction of sp³-hybridized carbons (Fsp3) is 0.156. The molecule has 6 rings (SSSR count). The number of carbonyl (C=O) groups is 1. The van der Waals surface area contributed by atoms with Gasteiger partial charge in [-0.15, -0.1) is 5.10 Å². The summed E-state index contributed by atoms with van der Waals surface area (Å²) in [6.45, 7) is 5.56. The molecule has 0 saturated carbocycles. The van der Waals surface area contributed by atoms with Gasteiger partial charge in [0.15, 0.2) is 11.5 Å². The van der Waals surface area contributed by atoms with Crippen molar-refractivity contribution in [3.05, 3.63) is 117 Å². The molecule has 4 heterocycles. The number of nitrogens with zero attached hydrogens (tertiary/aromatic N) is 6. The van der Waals surface area contributed by atoms with Crippen LogP contribution < -0.4 is 16.6 Å². The SMILES string of the molecule is Cc1cc(C)n2nc(N)c(C(=O)N[C@H](C)c3cc4cccc(C#Cc5cnn(C)c5)c4c(=O)n3-c3ccccc3)c2n1. The average molecular weight is 557 g/mol. The zero-order chi connectivity index (χ0) is 29.5. The molecular weight excluding hydrogens is 528 g/mol. The third kappa shape index (κ3) is 4.67. The zero-order valence-corrected chi connectivity index (χ0v) is 23.6. The number of nitrogens with two attached hydrogens (primary N) is 1. The molecule has 42 heavy (non-hydrogen) atoms. The van der Waals surface area contributed by atoms with Crippen molar-refractivity contribution in [2.45, 2.75) is 26.8 Å². The largest absolute Gasteiger partial charge is 0.381 e. The standard InChI is InChI=1S/C32H28N8O2/c1-19-15-20(2)40-30(35-19)28(29(33)37-40)31(41)36-21(3)26-16-24-10-8-9-23(14-13-22-17-34-38(4)18-22)27(24)32(42)39(26)25-11-6-5-7-12-25/h5-12,15-18,21H,1-4H3,(H2,33,37)(H,36,41)/t21-/m1/s1. The number of carbonyl (C=O) groups excluding carboxylic acids is 1. The molecule has 3 N–H and O–H groups in total. The minimum Gasteiger partial charge on any atom is -0.381 e. The summed E-state index contributed by atoms with van der Waals surface area (Å²) in [6.07, 6.45) is 3.50. The smallest absolute Gasteiger partial charge is 0.264 e. The Morgan fingerprint density at radius 2 is 1.83 bits per heavy atom. The van der Waals surface area contributed by atoms with E-state index >= 15 is 0 Å². The third-order valence-corrected chi connectivity index (χ3v) is 7.08. The molecule has 10 heteroatoms. The predicted molar refractivity (Wildman–Crippen MR) is 161 cm³/mol. The number of pyridine rings is 1. The first-order valence-electron chi connectivity index (χ1n) is 13.4. The van der Waals surface area contributed by atoms with Crippen molar-refractivity contribution in [2.75, 3.05) is 5.73 Å². The van der Waals surface area contributed by atoms with Gasteiger partial charge in [-0.3, -0.25) is 18.8 Å². The summed E-state index contributed by atoms with van der Waals surface area (Å²) >= 11 is 0. The summed E-state index contributed by atoms with van der Waals surface area (Å²) in [5, 5.41) is 12.7. The topological polar surface area (TPSA) is 125 Å². The highest BCUT2D eigenvalue weighted by Crippen LogP contribution is 2.25. The Labute approximate surface area is 241 Å². The fourth-order valence-electron chi connectivity index (χ4n) is 5.17. The van der Waals surface area contributed by atoms with Gasteiger partial charge in [0.1, 0.15) is 5.56 Å². The van der Waals surface area contributed by atoms with E-state index in [1.165, 1.54) is 0 Å². The van der Waals surface area contributed by atoms with Gasteiger partial charge in [0.2, 0.25) is 0 Å². The van der Waals surface area contributed by atoms with E-state index < -0.39 is 11.9 Å². The number of fused-ring (bicyclic) bond motifs is 2. The molecule has 0 radical (unpaired) electrons. The van der Waals surface area contributed by atoms with E-state index in [0.29, 0.717) is 33.4 Å². The maximum Gasteiger partial charge on any atom is 0.264 e. The van der Waals surface area contributed by atoms with E-state index in [1.54, 1.807) is 20.0 Å². The van der Waals surface area contributed by atoms with E-state index in [9.17, 15) is 9.59 Å². The van der Waals surface area contributed by atoms with Crippen LogP contribution >= 0.6 is 0 Å². The van der Waals surface area contributed by atoms with Crippen LogP contribution in [0.15, 0.2) is 77.9 Å². The van der Waals surface area contributed by atoms with Crippen LogP contribution in [0.5, 0.6) is 0 Å². The Kier molecular flexibility index (Phi) is 6.55. The number of aromatic nitrogens is 6. The molecular formula is C32H28N8O2. The van der Waals surface area contributed by atoms with Crippen LogP contribution in [-0.2, 0) is 7.05 Å². The molecule has 0 bridgehead atoms. The van der Waals surface area contributed by atoms with Crippen molar-refractivity contribution in [3.63, 3.8) is 0 Å². The van der Waals surface area contributed by atoms with Crippen molar-refractivity contribution in [3.8, 4) is 17.5 Å². The molecule has 0 spiro atoms. The van der Waals surface area contributed by atoms with Crippen molar-refractivity contribution in [1.82, 2.24) is 34.3 Å². The molecule has 1 amide bonds. The second-order valence-corrected chi connectivity index (χ2v) is 10.2. The highest BCUT2D eigenvalue weighted by molar-refractivity contribution is 6.04. The molecule has 2 aromatic carbocycles. The third-order valence-electron chi connectivity index (χ3n) is 7.08. The lowest BCUT2D eigenvalue weighted by Crippen LogP contribution is -2.32. The Morgan fingerprint density at radius 1 is 1.05 bits per heavy atom. The first-order chi connectivity index (χ1) is 20.2. The number of rotatable bonds is 4. The second kappa shape index (κ2) is 10.4. The normalized spacial score (nSPS) is 11.8. The predicted octanol–water partition coefficient (Wildman–Crippen LogP) is 3.86. The van der Waals surface area contributed by atoms with Gasteiger partial charge in [0.25, 0.3) is 11.5 Å². The van der Waals surface area contributed by atoms with Gasteiger partial charge in [-0.1, -0.05) is 42.2 Å². The van der Waals surface area contributed by atoms with Gasteiger partial charge in [-0.05, 0) is 56.5 Å². The van der Waals surface area contributed by atoms with Gasteiger partial charge in [-0.25, -0.2) is 9.50 Å². The number of para-hydroxylation sites is 1. The Balaban J connectivity index is 1.47. The summed E-state index contributed by atoms with van der Waals surface area (Å²) < 4.78 is 4.86. The molecule has 0 aliphatic rings. The molecule has 0 saturated heterocycles. The number of hydrogen-bond acceptors (Lipinski definition) is 6. The van der Waals surface area contributed by atoms with Crippen LogP contribution in [-0.4, -0.2) is 34.9 Å². The number of benzene rings is 2. The Morgan fingerprint density at radius 3 is 2.57 bits per heavy atom. The maximum atomic E-state index is 14.2. The molecule has 1 atom stereocenters. The summed E-state index contributed by atoms with van der Waals surface area (Å²) in [6, 6.07) is 18.1. The summed E-state index contributed by atoms with van der Waals surface area (Å²) in [5.74, 6) is 5.90. The van der Waals surface area contributed by atoms with Gasteiger partial charge >= 0.3 is 0 Å². The van der Waals surface area contributed by atoms with E-state index in [1.807, 2.05) is 94.7 Å². The van der Waals surface area contributed by atoms with Crippen molar-refractivity contribution < 1.29 is 4.79 Å². The van der Waals surface area contributed by atoms with Gasteiger partial charge in [0, 0.05) is 41.6 Å². The summed E-state index contributed by atoms with van der Waals surface area (Å²) in [4.78, 5) is 32.4. The monoisotopic (exact) mass is 556 g/mol. The van der Waals surface area contributed by atoms with Crippen LogP contribution in [0.1, 0.15) is 51.5 Å². The molecule has 0 unspecified atom stereocenters. The fourth-order valence-corrected chi connectivity index (χ4v) is 5.17. The van der Waals surface area contributed by atoms with Crippen LogP contribution in [0, 0.1) is 25.7 Å². The van der Waals surface area contributed by atoms with Crippen molar-refractivity contribution >= 4 is 28.1 Å². The summed E-state index contributed by atoms with van der Waals surface area (Å²) in [7, 11) is 1.83. The number of nitrogen functional groups attached to an aromatic ring is 1. The lowest BCUT2D eigenvalue weighted by atomic mass is 10.0.